The average Bonchev–Trinajstić information content (AvgIpc) is 2.92. The molecule has 0 aromatic carbocycles. The molecule has 3 amide bonds. The summed E-state index contributed by atoms with van der Waals surface area (Å²) >= 11 is 0. The minimum Gasteiger partial charge on any atom is -0.388 e. The monoisotopic (exact) mass is 310 g/mol. The highest BCUT2D eigenvalue weighted by Gasteiger charge is 2.50. The fraction of sp³-hybridized carbons (Fsp3) is 0.714. The molecule has 8 nitrogen and oxygen atoms in total. The van der Waals surface area contributed by atoms with Crippen LogP contribution in [0.5, 0.6) is 0 Å². The highest BCUT2D eigenvalue weighted by Crippen LogP contribution is 2.16. The lowest BCUT2D eigenvalue weighted by molar-refractivity contribution is -0.539. The van der Waals surface area contributed by atoms with Gasteiger partial charge in [-0.05, 0) is 18.1 Å². The van der Waals surface area contributed by atoms with E-state index in [0.29, 0.717) is 18.9 Å². The molecule has 0 spiro atoms. The van der Waals surface area contributed by atoms with Crippen LogP contribution < -0.4 is 0 Å². The molecule has 2 aliphatic heterocycles. The van der Waals surface area contributed by atoms with Crippen molar-refractivity contribution in [3.63, 3.8) is 0 Å². The molecule has 22 heavy (non-hydrogen) atoms. The number of β-amino-alcohol motifs (C(OH)–C–C–N with tert-alkyl or cyclic N) is 1. The van der Waals surface area contributed by atoms with Crippen molar-refractivity contribution in [1.29, 1.82) is 0 Å². The Kier molecular flexibility index (Phi) is 4.92. The van der Waals surface area contributed by atoms with Crippen LogP contribution in [-0.2, 0) is 4.79 Å². The molecule has 2 aliphatic rings. The number of amidine groups is 1. The number of urea groups is 1. The molecular weight excluding hydrogens is 286 g/mol. The second kappa shape index (κ2) is 6.53. The topological polar surface area (TPSA) is 79.5 Å². The smallest absolute Gasteiger partial charge is 0.333 e. The van der Waals surface area contributed by atoms with Crippen molar-refractivity contribution in [3.8, 4) is 0 Å². The van der Waals surface area contributed by atoms with E-state index in [2.05, 4.69) is 9.89 Å². The van der Waals surface area contributed by atoms with Gasteiger partial charge in [0.25, 0.3) is 24.1 Å². The van der Waals surface area contributed by atoms with E-state index >= 15 is 0 Å². The maximum absolute atomic E-state index is 12.3. The fourth-order valence-electron chi connectivity index (χ4n) is 2.78. The van der Waals surface area contributed by atoms with Crippen molar-refractivity contribution in [2.45, 2.75) is 26.0 Å². The van der Waals surface area contributed by atoms with Crippen molar-refractivity contribution in [2.75, 3.05) is 40.3 Å². The summed E-state index contributed by atoms with van der Waals surface area (Å²) in [4.78, 5) is 33.0. The lowest BCUT2D eigenvalue weighted by Crippen LogP contribution is -2.62. The van der Waals surface area contributed by atoms with Crippen LogP contribution in [0.4, 0.5) is 4.79 Å². The molecule has 0 saturated carbocycles. The number of rotatable bonds is 6. The zero-order chi connectivity index (χ0) is 16.4. The van der Waals surface area contributed by atoms with Gasteiger partial charge in [-0.1, -0.05) is 13.8 Å². The molecule has 0 bridgehead atoms. The van der Waals surface area contributed by atoms with Gasteiger partial charge in [0, 0.05) is 20.6 Å². The van der Waals surface area contributed by atoms with Gasteiger partial charge < -0.3 is 10.0 Å². The Morgan fingerprint density at radius 3 is 2.55 bits per heavy atom. The fourth-order valence-corrected chi connectivity index (χ4v) is 2.78. The normalized spacial score (nSPS) is 22.9. The molecule has 1 saturated heterocycles. The molecule has 122 valence electrons. The van der Waals surface area contributed by atoms with E-state index in [-0.39, 0.29) is 11.9 Å². The van der Waals surface area contributed by atoms with Crippen LogP contribution in [0.1, 0.15) is 13.8 Å². The number of aliphatic imine (C=N–C) groups is 1. The van der Waals surface area contributed by atoms with E-state index in [1.54, 1.807) is 11.6 Å². The number of hydrogen-bond acceptors (Lipinski definition) is 5. The second-order valence-corrected chi connectivity index (χ2v) is 5.58. The van der Waals surface area contributed by atoms with Crippen LogP contribution in [0.3, 0.4) is 0 Å². The molecule has 2 heterocycles. The van der Waals surface area contributed by atoms with Crippen LogP contribution in [0.2, 0.25) is 0 Å². The van der Waals surface area contributed by atoms with Gasteiger partial charge in [0.1, 0.15) is 12.6 Å². The zero-order valence-electron chi connectivity index (χ0n) is 13.6. The van der Waals surface area contributed by atoms with E-state index < -0.39 is 12.1 Å². The van der Waals surface area contributed by atoms with Crippen molar-refractivity contribution in [2.24, 2.45) is 4.99 Å². The lowest BCUT2D eigenvalue weighted by atomic mass is 10.1. The van der Waals surface area contributed by atoms with Gasteiger partial charge in [-0.15, -0.1) is 0 Å². The minimum absolute atomic E-state index is 0.301. The highest BCUT2D eigenvalue weighted by atomic mass is 16.3. The number of amides is 3. The molecule has 0 radical (unpaired) electrons. The number of aliphatic hydroxyl groups excluding tert-OH is 1. The van der Waals surface area contributed by atoms with E-state index in [4.69, 9.17) is 0 Å². The third-order valence-corrected chi connectivity index (χ3v) is 4.18. The van der Waals surface area contributed by atoms with Crippen LogP contribution in [0.25, 0.3) is 0 Å². The first-order chi connectivity index (χ1) is 10.4. The number of carbonyl (C=O) groups is 2. The first-order valence-corrected chi connectivity index (χ1v) is 7.53. The number of likely N-dealkylation sites (N-methyl/N-ethyl adjacent to an activating group) is 3. The van der Waals surface area contributed by atoms with Gasteiger partial charge in [0.15, 0.2) is 0 Å². The Hall–Kier alpha value is -1.80. The van der Waals surface area contributed by atoms with Crippen molar-refractivity contribution < 1.29 is 19.3 Å². The molecule has 0 aromatic heterocycles. The Bertz CT molecular complexity index is 527. The molecule has 0 aromatic rings. The number of hydrogen-bond donors (Lipinski definition) is 1. The third kappa shape index (κ3) is 2.89. The highest BCUT2D eigenvalue weighted by molar-refractivity contribution is 6.21. The van der Waals surface area contributed by atoms with Gasteiger partial charge >= 0.3 is 6.03 Å². The SMILES string of the molecule is CCN(CC)CC(O)C[N+]1=CN=C2C1C(=O)N(C)C(=O)N2C. The minimum atomic E-state index is -0.626. The Labute approximate surface area is 130 Å². The van der Waals surface area contributed by atoms with Gasteiger partial charge in [0.2, 0.25) is 0 Å². The zero-order valence-corrected chi connectivity index (χ0v) is 13.6. The summed E-state index contributed by atoms with van der Waals surface area (Å²) in [5.74, 6) is 0.105. The Morgan fingerprint density at radius 1 is 1.32 bits per heavy atom. The number of fused-ring (bicyclic) bond motifs is 1. The molecule has 2 unspecified atom stereocenters. The molecule has 1 fully saturated rings. The molecular formula is C14H24N5O3+. The average molecular weight is 310 g/mol. The molecule has 0 aliphatic carbocycles. The van der Waals surface area contributed by atoms with Gasteiger partial charge in [-0.3, -0.25) is 14.6 Å². The lowest BCUT2D eigenvalue weighted by Gasteiger charge is -2.31. The molecule has 2 rings (SSSR count). The number of imide groups is 1. The summed E-state index contributed by atoms with van der Waals surface area (Å²) in [5.41, 5.74) is 0. The summed E-state index contributed by atoms with van der Waals surface area (Å²) in [6.45, 7) is 6.65. The van der Waals surface area contributed by atoms with E-state index in [1.807, 2.05) is 13.8 Å². The summed E-state index contributed by atoms with van der Waals surface area (Å²) in [6, 6.07) is -1.02. The summed E-state index contributed by atoms with van der Waals surface area (Å²) in [5, 5.41) is 10.2. The summed E-state index contributed by atoms with van der Waals surface area (Å²) in [6.07, 6.45) is 0.943. The Morgan fingerprint density at radius 2 is 1.95 bits per heavy atom. The third-order valence-electron chi connectivity index (χ3n) is 4.18. The van der Waals surface area contributed by atoms with Crippen LogP contribution in [0.15, 0.2) is 4.99 Å². The largest absolute Gasteiger partial charge is 0.388 e. The first-order valence-electron chi connectivity index (χ1n) is 7.53. The van der Waals surface area contributed by atoms with Gasteiger partial charge in [-0.2, -0.15) is 0 Å². The van der Waals surface area contributed by atoms with E-state index in [1.165, 1.54) is 18.3 Å². The second-order valence-electron chi connectivity index (χ2n) is 5.58. The molecule has 8 heteroatoms. The van der Waals surface area contributed by atoms with Crippen molar-refractivity contribution >= 4 is 24.1 Å². The predicted octanol–water partition coefficient (Wildman–Crippen LogP) is -0.966. The maximum atomic E-state index is 12.3. The number of aliphatic hydroxyl groups is 1. The summed E-state index contributed by atoms with van der Waals surface area (Å²) < 4.78 is 1.70. The van der Waals surface area contributed by atoms with Crippen LogP contribution in [0, 0.1) is 0 Å². The van der Waals surface area contributed by atoms with Crippen molar-refractivity contribution in [1.82, 2.24) is 14.7 Å². The quantitative estimate of drug-likeness (QED) is 0.641. The van der Waals surface area contributed by atoms with Gasteiger partial charge in [-0.25, -0.2) is 9.37 Å². The van der Waals surface area contributed by atoms with E-state index in [0.717, 1.165) is 18.0 Å². The van der Waals surface area contributed by atoms with Crippen molar-refractivity contribution in [3.05, 3.63) is 0 Å². The van der Waals surface area contributed by atoms with Crippen LogP contribution >= 0.6 is 0 Å². The number of carbonyl (C=O) groups excluding carboxylic acids is 2. The molecule has 1 N–H and O–H groups in total. The van der Waals surface area contributed by atoms with E-state index in [9.17, 15) is 14.7 Å². The predicted molar refractivity (Wildman–Crippen MR) is 82.1 cm³/mol. The van der Waals surface area contributed by atoms with Gasteiger partial charge in [0.05, 0.1) is 0 Å². The first kappa shape index (κ1) is 16.6. The van der Waals surface area contributed by atoms with Crippen LogP contribution in [-0.4, -0.2) is 101 Å². The molecule has 2 atom stereocenters. The summed E-state index contributed by atoms with van der Waals surface area (Å²) in [7, 11) is 3.06. The maximum Gasteiger partial charge on any atom is 0.333 e. The number of nitrogens with zero attached hydrogens (tertiary/aromatic N) is 5. The Balaban J connectivity index is 2.06. The standard InChI is InChI=1S/C14H24N5O3/c1-5-18(6-2)7-10(20)8-19-9-15-12-11(19)13(21)17(4)14(22)16(12)3/h9-11,20H,5-8H2,1-4H3/q+1.